The minimum Gasteiger partial charge on any atom is -0.508 e. The van der Waals surface area contributed by atoms with Crippen LogP contribution in [0, 0.1) is 12.8 Å². The number of amides is 5. The molecule has 5 aliphatic carbocycles. The summed E-state index contributed by atoms with van der Waals surface area (Å²) in [7, 11) is 0. The van der Waals surface area contributed by atoms with Gasteiger partial charge in [-0.2, -0.15) is 0 Å². The van der Waals surface area contributed by atoms with Crippen LogP contribution in [-0.4, -0.2) is 76.7 Å². The summed E-state index contributed by atoms with van der Waals surface area (Å²) in [6, 6.07) is 47.6. The first kappa shape index (κ1) is 79.6. The molecule has 16 rings (SSSR count). The zero-order valence-corrected chi connectivity index (χ0v) is 64.0. The fourth-order valence-electron chi connectivity index (χ4n) is 14.6. The number of carbonyl (C=O) groups excluding carboxylic acids is 5. The lowest BCUT2D eigenvalue weighted by Crippen LogP contribution is -2.33. The second-order valence-corrected chi connectivity index (χ2v) is 29.3. The van der Waals surface area contributed by atoms with Gasteiger partial charge in [-0.3, -0.25) is 24.0 Å². The number of aromatic hydroxyl groups is 2. The van der Waals surface area contributed by atoms with E-state index < -0.39 is 12.1 Å². The molecule has 2 unspecified atom stereocenters. The van der Waals surface area contributed by atoms with E-state index in [2.05, 4.69) is 72.3 Å². The zero-order chi connectivity index (χ0) is 78.5. The number of fused-ring (bicyclic) bond motifs is 5. The molecule has 0 aliphatic heterocycles. The van der Waals surface area contributed by atoms with Crippen LogP contribution in [0.2, 0.25) is 0 Å². The van der Waals surface area contributed by atoms with Crippen LogP contribution in [-0.2, 0) is 83.8 Å². The molecule has 11 aromatic rings. The molecule has 0 bridgehead atoms. The highest BCUT2D eigenvalue weighted by Gasteiger charge is 2.32. The average molecular weight is 1520 g/mol. The Morgan fingerprint density at radius 2 is 0.830 bits per heavy atom. The summed E-state index contributed by atoms with van der Waals surface area (Å²) in [4.78, 5) is 62.2. The fourth-order valence-corrected chi connectivity index (χ4v) is 14.6. The van der Waals surface area contributed by atoms with Crippen LogP contribution in [0.3, 0.4) is 0 Å². The number of aryl methyl sites for hydroxylation is 6. The molecule has 24 heteroatoms. The van der Waals surface area contributed by atoms with Crippen molar-refractivity contribution in [1.29, 1.82) is 0 Å². The fraction of sp³-hybridized carbons (Fsp3) is 0.364. The number of para-hydroxylation sites is 1. The van der Waals surface area contributed by atoms with E-state index in [0.29, 0.717) is 54.0 Å². The Bertz CT molecular complexity index is 4980. The van der Waals surface area contributed by atoms with Gasteiger partial charge in [0.15, 0.2) is 28.5 Å². The maximum Gasteiger partial charge on any atom is 0.274 e. The molecule has 0 radical (unpaired) electrons. The monoisotopic (exact) mass is 1520 g/mol. The molecule has 112 heavy (non-hydrogen) atoms. The molecule has 584 valence electrons. The molecule has 5 amide bonds. The topological polar surface area (TPSA) is 346 Å². The number of aliphatic hydroxyl groups excluding tert-OH is 1. The molecule has 4 atom stereocenters. The predicted octanol–water partition coefficient (Wildman–Crippen LogP) is 15.0. The highest BCUT2D eigenvalue weighted by atomic mass is 16.5. The summed E-state index contributed by atoms with van der Waals surface area (Å²) in [5, 5.41) is 64.1. The first-order chi connectivity index (χ1) is 54.4. The molecule has 0 spiro atoms. The van der Waals surface area contributed by atoms with Gasteiger partial charge in [-0.05, 0) is 187 Å². The number of rotatable bonds is 19. The van der Waals surface area contributed by atoms with Crippen molar-refractivity contribution >= 4 is 29.5 Å². The molecule has 0 fully saturated rings. The maximum atomic E-state index is 13.0. The highest BCUT2D eigenvalue weighted by Crippen LogP contribution is 2.34. The molecular formula is C88H98N10O14. The lowest BCUT2D eigenvalue weighted by Gasteiger charge is -2.25. The number of aromatic nitrogens is 5. The van der Waals surface area contributed by atoms with Crippen molar-refractivity contribution in [2.24, 2.45) is 5.92 Å². The maximum absolute atomic E-state index is 13.0. The van der Waals surface area contributed by atoms with Gasteiger partial charge in [-0.15, -0.1) is 0 Å². The summed E-state index contributed by atoms with van der Waals surface area (Å²) in [5.74, 6) is 4.89. The van der Waals surface area contributed by atoms with Crippen molar-refractivity contribution in [1.82, 2.24) is 52.4 Å². The molecule has 5 heterocycles. The van der Waals surface area contributed by atoms with Gasteiger partial charge in [0, 0.05) is 85.1 Å². The van der Waals surface area contributed by atoms with Crippen LogP contribution in [0.1, 0.15) is 252 Å². The number of phenols is 2. The van der Waals surface area contributed by atoms with Crippen molar-refractivity contribution in [3.05, 3.63) is 282 Å². The van der Waals surface area contributed by atoms with Gasteiger partial charge in [-0.1, -0.05) is 160 Å². The minimum atomic E-state index is -0.875. The molecule has 24 nitrogen and oxygen atoms in total. The summed E-state index contributed by atoms with van der Waals surface area (Å²) in [6.45, 7) is 11.3. The van der Waals surface area contributed by atoms with E-state index in [0.717, 1.165) is 218 Å². The molecule has 5 aromatic heterocycles. The van der Waals surface area contributed by atoms with Crippen molar-refractivity contribution in [3.8, 4) is 17.2 Å². The number of nitrogens with zero attached hydrogens (tertiary/aromatic N) is 5. The SMILES string of the molecule is CC(C)Oc1ccccc1CNC(=O)c1noc2c1CCCC2.CC1CCc2onc(C(=O)NCc3cccc(O)c3)c2C1.Cc1ccccc1C(C)NC(=O)c1noc2c1CCCC2.O=C(NCc1cccc(O)c1)c1noc2c1CCCC2.O=C(N[C@@H](c1ccccc1)[C@H](O)c1ccccc1)c1noc2c1CCCC2. The Balaban J connectivity index is 0.000000130. The first-order valence-electron chi connectivity index (χ1n) is 38.9. The third-order valence-electron chi connectivity index (χ3n) is 20.6. The number of hydrogen-bond acceptors (Lipinski definition) is 19. The second-order valence-electron chi connectivity index (χ2n) is 29.3. The second kappa shape index (κ2) is 38.6. The number of nitrogens with one attached hydrogen (secondary N) is 5. The Morgan fingerprint density at radius 3 is 1.29 bits per heavy atom. The van der Waals surface area contributed by atoms with E-state index in [-0.39, 0.29) is 53.2 Å². The van der Waals surface area contributed by atoms with Gasteiger partial charge in [0.2, 0.25) is 0 Å². The molecule has 0 saturated carbocycles. The molecular weight excluding hydrogens is 1420 g/mol. The van der Waals surface area contributed by atoms with Gasteiger partial charge in [-0.25, -0.2) is 0 Å². The minimum absolute atomic E-state index is 0.0466. The Labute approximate surface area is 650 Å². The molecule has 0 saturated heterocycles. The van der Waals surface area contributed by atoms with E-state index >= 15 is 0 Å². The number of benzene rings is 6. The third-order valence-corrected chi connectivity index (χ3v) is 20.6. The summed E-state index contributed by atoms with van der Waals surface area (Å²) in [5.41, 5.74) is 13.3. The van der Waals surface area contributed by atoms with Gasteiger partial charge in [0.25, 0.3) is 29.5 Å². The number of aliphatic hydroxyl groups is 1. The van der Waals surface area contributed by atoms with E-state index in [1.165, 1.54) is 5.56 Å². The van der Waals surface area contributed by atoms with Crippen LogP contribution < -0.4 is 31.3 Å². The Hall–Kier alpha value is -11.9. The number of phenolic OH excluding ortho intramolecular Hbond substituents is 2. The van der Waals surface area contributed by atoms with Crippen molar-refractivity contribution in [3.63, 3.8) is 0 Å². The average Bonchev–Trinajstić information content (AvgIpc) is 1.67. The summed E-state index contributed by atoms with van der Waals surface area (Å²) < 4.78 is 32.3. The van der Waals surface area contributed by atoms with Crippen LogP contribution in [0.4, 0.5) is 0 Å². The third kappa shape index (κ3) is 20.7. The lowest BCUT2D eigenvalue weighted by molar-refractivity contribution is 0.0821. The van der Waals surface area contributed by atoms with Crippen LogP contribution in [0.5, 0.6) is 17.2 Å². The largest absolute Gasteiger partial charge is 0.508 e. The quantitative estimate of drug-likeness (QED) is 0.0373. The van der Waals surface area contributed by atoms with E-state index in [9.17, 15) is 39.3 Å². The Morgan fingerprint density at radius 1 is 0.438 bits per heavy atom. The van der Waals surface area contributed by atoms with E-state index in [1.54, 1.807) is 36.4 Å². The smallest absolute Gasteiger partial charge is 0.274 e. The number of hydrogen-bond donors (Lipinski definition) is 8. The highest BCUT2D eigenvalue weighted by molar-refractivity contribution is 5.96. The van der Waals surface area contributed by atoms with Gasteiger partial charge in [0.05, 0.1) is 18.2 Å². The van der Waals surface area contributed by atoms with Crippen molar-refractivity contribution in [2.45, 2.75) is 201 Å². The summed E-state index contributed by atoms with van der Waals surface area (Å²) in [6.07, 6.45) is 17.5. The van der Waals surface area contributed by atoms with Crippen LogP contribution in [0.25, 0.3) is 0 Å². The molecule has 5 aliphatic rings. The van der Waals surface area contributed by atoms with E-state index in [1.807, 2.05) is 136 Å². The summed E-state index contributed by atoms with van der Waals surface area (Å²) >= 11 is 0. The van der Waals surface area contributed by atoms with Gasteiger partial charge < -0.3 is 69.3 Å². The first-order valence-corrected chi connectivity index (χ1v) is 38.9. The molecule has 8 N–H and O–H groups in total. The Kier molecular flexibility index (Phi) is 27.5. The van der Waals surface area contributed by atoms with Gasteiger partial charge >= 0.3 is 0 Å². The van der Waals surface area contributed by atoms with Crippen molar-refractivity contribution in [2.75, 3.05) is 0 Å². The molecule has 6 aromatic carbocycles. The van der Waals surface area contributed by atoms with Gasteiger partial charge in [0.1, 0.15) is 52.2 Å². The normalized spacial score (nSPS) is 15.2. The van der Waals surface area contributed by atoms with E-state index in [4.69, 9.17) is 27.4 Å². The van der Waals surface area contributed by atoms with Crippen LogP contribution in [0.15, 0.2) is 180 Å². The van der Waals surface area contributed by atoms with Crippen LogP contribution >= 0.6 is 0 Å². The zero-order valence-electron chi connectivity index (χ0n) is 64.0. The number of carbonyl (C=O) groups is 5. The van der Waals surface area contributed by atoms with Crippen molar-refractivity contribution < 1.29 is 66.6 Å². The number of ether oxygens (including phenoxy) is 1. The standard InChI is InChI=1S/C22H22N2O3.C18H22N2O3.C17H20N2O2.C16H18N2O3.C15H16N2O3/c25-21(16-11-5-2-6-12-16)19(15-9-3-1-4-10-15)23-22(26)20-17-13-7-8-14-18(17)27-24-20;1-12(2)22-15-9-5-3-7-13(15)11-19-18(21)17-14-8-4-6-10-16(14)23-20-17;1-11-7-3-4-8-13(11)12(2)18-17(20)16-14-9-5-6-10-15(14)21-19-16;1-10-5-6-14-13(7-10)15(18-21-14)16(20)17-9-11-3-2-4-12(19)8-11;18-11-5-3-4-10(8-11)9-16-15(19)14-12-6-1-2-7-13(12)20-17-14/h1-6,9-12,19,21,25H,7-8,13-14H2,(H,23,26);3,5,7,9,12H,4,6,8,10-11H2,1-2H3,(H,19,21);3-4,7-8,12H,5-6,9-10H2,1-2H3,(H,18,20);2-4,8,10,19H,5-7,9H2,1H3,(H,17,20);3-5,8,18H,1-2,6-7,9H2,(H,16,19)/t19-,21+;;;;/m0..../s1. The lowest BCUT2D eigenvalue weighted by atomic mass is 9.88. The predicted molar refractivity (Wildman–Crippen MR) is 417 cm³/mol.